The Balaban J connectivity index is 1.06. The van der Waals surface area contributed by atoms with Crippen molar-refractivity contribution in [1.82, 2.24) is 14.9 Å². The number of halogens is 1. The van der Waals surface area contributed by atoms with E-state index >= 15 is 0 Å². The van der Waals surface area contributed by atoms with Gasteiger partial charge < -0.3 is 25.2 Å². The normalized spacial score (nSPS) is 38.6. The lowest BCUT2D eigenvalue weighted by atomic mass is 9.36. The molecule has 3 saturated carbocycles. The Kier molecular flexibility index (Phi) is 5.62. The molecule has 1 spiro atoms. The highest BCUT2D eigenvalue weighted by molar-refractivity contribution is 5.64. The number of hydrogen-bond acceptors (Lipinski definition) is 9. The molecule has 232 valence electrons. The van der Waals surface area contributed by atoms with Crippen LogP contribution in [0.3, 0.4) is 0 Å². The summed E-state index contributed by atoms with van der Waals surface area (Å²) in [4.78, 5) is 14.6. The van der Waals surface area contributed by atoms with Crippen LogP contribution in [-0.2, 0) is 23.4 Å². The molecule has 4 unspecified atom stereocenters. The van der Waals surface area contributed by atoms with Crippen LogP contribution in [0.15, 0.2) is 12.1 Å². The maximum atomic E-state index is 14.5. The Hall–Kier alpha value is -3.00. The van der Waals surface area contributed by atoms with E-state index in [1.165, 1.54) is 0 Å². The van der Waals surface area contributed by atoms with Gasteiger partial charge in [0.2, 0.25) is 0 Å². The third-order valence-electron chi connectivity index (χ3n) is 12.7. The van der Waals surface area contributed by atoms with E-state index in [-0.39, 0.29) is 5.54 Å². The number of nitriles is 1. The van der Waals surface area contributed by atoms with Crippen LogP contribution in [0.25, 0.3) is 0 Å². The Labute approximate surface area is 257 Å². The van der Waals surface area contributed by atoms with Crippen molar-refractivity contribution in [2.24, 2.45) is 11.3 Å². The van der Waals surface area contributed by atoms with Gasteiger partial charge in [-0.1, -0.05) is 13.0 Å². The van der Waals surface area contributed by atoms with Crippen molar-refractivity contribution in [1.29, 1.82) is 5.26 Å². The molecule has 6 fully saturated rings. The number of aliphatic hydroxyl groups is 1. The van der Waals surface area contributed by atoms with Crippen LogP contribution in [-0.4, -0.2) is 70.1 Å². The van der Waals surface area contributed by atoms with E-state index in [2.05, 4.69) is 28.9 Å². The number of nitrogen functional groups attached to an aromatic ring is 1. The molecule has 10 rings (SSSR count). The second-order valence-corrected chi connectivity index (χ2v) is 15.3. The van der Waals surface area contributed by atoms with Crippen LogP contribution in [0, 0.1) is 22.7 Å². The maximum Gasteiger partial charge on any atom is 0.318 e. The van der Waals surface area contributed by atoms with E-state index in [9.17, 15) is 14.8 Å². The number of benzene rings is 1. The highest BCUT2D eigenvalue weighted by Gasteiger charge is 2.71. The largest absolute Gasteiger partial charge is 0.461 e. The molecule has 4 aliphatic carbocycles. The molecule has 4 atom stereocenters. The molecule has 0 radical (unpaired) electrons. The molecule has 5 heterocycles. The summed E-state index contributed by atoms with van der Waals surface area (Å²) >= 11 is 0. The van der Waals surface area contributed by atoms with Gasteiger partial charge in [0.05, 0.1) is 29.0 Å². The molecule has 1 aromatic heterocycles. The quantitative estimate of drug-likeness (QED) is 0.489. The first-order valence-corrected chi connectivity index (χ1v) is 16.5. The lowest BCUT2D eigenvalue weighted by molar-refractivity contribution is -0.285. The summed E-state index contributed by atoms with van der Waals surface area (Å²) in [6, 6.07) is 6.64. The lowest BCUT2D eigenvalue weighted by Gasteiger charge is -2.73. The first-order valence-electron chi connectivity index (χ1n) is 16.5. The Morgan fingerprint density at radius 2 is 2.02 bits per heavy atom. The van der Waals surface area contributed by atoms with Crippen LogP contribution < -0.4 is 15.4 Å². The average Bonchev–Trinajstić information content (AvgIpc) is 3.47. The van der Waals surface area contributed by atoms with Crippen LogP contribution in [0.1, 0.15) is 92.2 Å². The molecular formula is C34H41FN6O3. The number of rotatable bonds is 5. The number of nitrogens with two attached hydrogens (primary N) is 1. The standard InChI is InChI=1S/C34H41FN6O3/c1-20-5-7-34(28-23(20)3-4-26(37)24(28)11-36)10-27-25(15-44-34)29(40-12-21(13-40)31-16-33(42,17-31)18-31)39-30(38-27)43-19-32-6-2-8-41(32)14-22(35)9-32/h3-4,20-22,42H,2,5-10,12-19,37H2,1H3. The third-order valence-corrected chi connectivity index (χ3v) is 12.7. The number of ether oxygens (including phenoxy) is 2. The van der Waals surface area contributed by atoms with Crippen LogP contribution >= 0.6 is 0 Å². The van der Waals surface area contributed by atoms with E-state index in [0.29, 0.717) is 67.1 Å². The first-order chi connectivity index (χ1) is 21.1. The zero-order valence-electron chi connectivity index (χ0n) is 25.4. The Bertz CT molecular complexity index is 1580. The van der Waals surface area contributed by atoms with E-state index in [0.717, 1.165) is 92.8 Å². The monoisotopic (exact) mass is 600 g/mol. The lowest BCUT2D eigenvalue weighted by Crippen LogP contribution is -2.74. The van der Waals surface area contributed by atoms with Crippen LogP contribution in [0.5, 0.6) is 6.01 Å². The van der Waals surface area contributed by atoms with Crippen molar-refractivity contribution >= 4 is 11.5 Å². The minimum absolute atomic E-state index is 0.285. The zero-order chi connectivity index (χ0) is 30.1. The van der Waals surface area contributed by atoms with Crippen molar-refractivity contribution in [3.8, 4) is 12.1 Å². The van der Waals surface area contributed by atoms with Crippen molar-refractivity contribution in [3.63, 3.8) is 0 Å². The fourth-order valence-electron chi connectivity index (χ4n) is 10.3. The number of anilines is 2. The minimum Gasteiger partial charge on any atom is -0.461 e. The third kappa shape index (κ3) is 3.72. The summed E-state index contributed by atoms with van der Waals surface area (Å²) in [7, 11) is 0. The summed E-state index contributed by atoms with van der Waals surface area (Å²) in [6.07, 6.45) is 6.69. The van der Waals surface area contributed by atoms with Gasteiger partial charge in [0, 0.05) is 49.3 Å². The molecular weight excluding hydrogens is 559 g/mol. The van der Waals surface area contributed by atoms with Gasteiger partial charge in [-0.15, -0.1) is 0 Å². The van der Waals surface area contributed by atoms with E-state index in [4.69, 9.17) is 25.2 Å². The van der Waals surface area contributed by atoms with E-state index < -0.39 is 17.4 Å². The van der Waals surface area contributed by atoms with Crippen LogP contribution in [0.4, 0.5) is 15.9 Å². The average molecular weight is 601 g/mol. The molecule has 1 aromatic carbocycles. The molecule has 44 heavy (non-hydrogen) atoms. The second-order valence-electron chi connectivity index (χ2n) is 15.3. The molecule has 10 heteroatoms. The van der Waals surface area contributed by atoms with Crippen molar-refractivity contribution in [3.05, 3.63) is 40.1 Å². The first kappa shape index (κ1) is 27.3. The van der Waals surface area contributed by atoms with Gasteiger partial charge in [-0.25, -0.2) is 4.39 Å². The molecule has 9 nitrogen and oxygen atoms in total. The molecule has 2 bridgehead atoms. The number of hydrogen-bond donors (Lipinski definition) is 2. The van der Waals surface area contributed by atoms with Crippen molar-refractivity contribution < 1.29 is 19.0 Å². The summed E-state index contributed by atoms with van der Waals surface area (Å²) in [5.41, 5.74) is 10.2. The fourth-order valence-corrected chi connectivity index (χ4v) is 10.3. The zero-order valence-corrected chi connectivity index (χ0v) is 25.4. The number of alkyl halides is 1. The Morgan fingerprint density at radius 3 is 2.80 bits per heavy atom. The van der Waals surface area contributed by atoms with Gasteiger partial charge in [-0.3, -0.25) is 4.90 Å². The topological polar surface area (TPSA) is 121 Å². The minimum atomic E-state index is -0.820. The fraction of sp³-hybridized carbons (Fsp3) is 0.676. The molecule has 3 saturated heterocycles. The summed E-state index contributed by atoms with van der Waals surface area (Å²) in [6.45, 7) is 6.13. The van der Waals surface area contributed by atoms with Gasteiger partial charge >= 0.3 is 6.01 Å². The van der Waals surface area contributed by atoms with Crippen molar-refractivity contribution in [2.45, 2.75) is 100 Å². The Morgan fingerprint density at radius 1 is 1.20 bits per heavy atom. The predicted octanol–water partition coefficient (Wildman–Crippen LogP) is 4.10. The highest BCUT2D eigenvalue weighted by atomic mass is 19.1. The molecule has 8 aliphatic rings. The smallest absolute Gasteiger partial charge is 0.318 e. The van der Waals surface area contributed by atoms with Crippen molar-refractivity contribution in [2.75, 3.05) is 43.4 Å². The highest BCUT2D eigenvalue weighted by Crippen LogP contribution is 2.72. The number of aromatic nitrogens is 2. The molecule has 4 aliphatic heterocycles. The maximum absolute atomic E-state index is 14.5. The summed E-state index contributed by atoms with van der Waals surface area (Å²) in [5.74, 6) is 1.73. The molecule has 0 amide bonds. The SMILES string of the molecule is CC1CCC2(Cc3nc(OCC45CCCN4CC(F)C5)nc(N4CC(C56CC(O)(C5)C6)C4)c3CO2)c2c1ccc(N)c2C#N. The number of nitrogens with zero attached hydrogens (tertiary/aromatic N) is 5. The van der Waals surface area contributed by atoms with Gasteiger partial charge in [-0.05, 0) is 80.4 Å². The molecule has 3 N–H and O–H groups in total. The molecule has 2 aromatic rings. The second kappa shape index (κ2) is 9.05. The summed E-state index contributed by atoms with van der Waals surface area (Å²) in [5, 5.41) is 20.5. The predicted molar refractivity (Wildman–Crippen MR) is 161 cm³/mol. The van der Waals surface area contributed by atoms with Gasteiger partial charge in [0.1, 0.15) is 30.3 Å². The van der Waals surface area contributed by atoms with Gasteiger partial charge in [0.15, 0.2) is 0 Å². The van der Waals surface area contributed by atoms with E-state index in [1.54, 1.807) is 0 Å². The number of fused-ring (bicyclic) bond motifs is 4. The van der Waals surface area contributed by atoms with Gasteiger partial charge in [-0.2, -0.15) is 15.2 Å². The van der Waals surface area contributed by atoms with E-state index in [1.807, 2.05) is 6.07 Å². The van der Waals surface area contributed by atoms with Gasteiger partial charge in [0.25, 0.3) is 0 Å². The van der Waals surface area contributed by atoms with Crippen LogP contribution in [0.2, 0.25) is 0 Å². The summed E-state index contributed by atoms with van der Waals surface area (Å²) < 4.78 is 27.8.